The maximum absolute atomic E-state index is 13.5. The van der Waals surface area contributed by atoms with Crippen LogP contribution in [0.25, 0.3) is 0 Å². The van der Waals surface area contributed by atoms with Crippen molar-refractivity contribution >= 4 is 17.3 Å². The molecule has 2 aromatic carbocycles. The molecule has 4 nitrogen and oxygen atoms in total. The highest BCUT2D eigenvalue weighted by atomic mass is 19.1. The van der Waals surface area contributed by atoms with E-state index in [0.29, 0.717) is 24.1 Å². The van der Waals surface area contributed by atoms with Gasteiger partial charge in [-0.15, -0.1) is 0 Å². The molecular formula is C15H14F2N2O2. The SMILES string of the molecule is CCOc1cc(N)cc(C(=O)Nc2ccc(F)cc2F)c1. The average molecular weight is 292 g/mol. The normalized spacial score (nSPS) is 10.2. The van der Waals surface area contributed by atoms with Crippen LogP contribution < -0.4 is 15.8 Å². The highest BCUT2D eigenvalue weighted by molar-refractivity contribution is 6.05. The fourth-order valence-corrected chi connectivity index (χ4v) is 1.79. The number of carbonyl (C=O) groups excluding carboxylic acids is 1. The Bertz CT molecular complexity index is 675. The van der Waals surface area contributed by atoms with Gasteiger partial charge in [0, 0.05) is 23.4 Å². The molecule has 0 radical (unpaired) electrons. The fourth-order valence-electron chi connectivity index (χ4n) is 1.79. The lowest BCUT2D eigenvalue weighted by atomic mass is 10.1. The van der Waals surface area contributed by atoms with Crippen molar-refractivity contribution in [2.24, 2.45) is 0 Å². The van der Waals surface area contributed by atoms with E-state index < -0.39 is 17.5 Å². The van der Waals surface area contributed by atoms with Crippen LogP contribution in [0.4, 0.5) is 20.2 Å². The second kappa shape index (κ2) is 6.21. The van der Waals surface area contributed by atoms with E-state index in [2.05, 4.69) is 5.32 Å². The molecule has 0 aliphatic rings. The summed E-state index contributed by atoms with van der Waals surface area (Å²) in [6.07, 6.45) is 0. The van der Waals surface area contributed by atoms with Crippen LogP contribution in [-0.4, -0.2) is 12.5 Å². The van der Waals surface area contributed by atoms with Crippen molar-refractivity contribution in [3.8, 4) is 5.75 Å². The third kappa shape index (κ3) is 3.68. The maximum atomic E-state index is 13.5. The monoisotopic (exact) mass is 292 g/mol. The van der Waals surface area contributed by atoms with Crippen molar-refractivity contribution < 1.29 is 18.3 Å². The predicted molar refractivity (Wildman–Crippen MR) is 76.3 cm³/mol. The number of nitrogens with one attached hydrogen (secondary N) is 1. The summed E-state index contributed by atoms with van der Waals surface area (Å²) in [7, 11) is 0. The molecule has 0 saturated heterocycles. The highest BCUT2D eigenvalue weighted by Crippen LogP contribution is 2.21. The maximum Gasteiger partial charge on any atom is 0.255 e. The zero-order chi connectivity index (χ0) is 15.4. The van der Waals surface area contributed by atoms with Gasteiger partial charge in [-0.05, 0) is 31.2 Å². The first-order chi connectivity index (χ1) is 9.99. The summed E-state index contributed by atoms with van der Waals surface area (Å²) < 4.78 is 31.6. The van der Waals surface area contributed by atoms with Gasteiger partial charge < -0.3 is 15.8 Å². The van der Waals surface area contributed by atoms with Crippen molar-refractivity contribution in [2.75, 3.05) is 17.7 Å². The Hall–Kier alpha value is -2.63. The van der Waals surface area contributed by atoms with Gasteiger partial charge >= 0.3 is 0 Å². The Kier molecular flexibility index (Phi) is 4.37. The van der Waals surface area contributed by atoms with E-state index in [1.54, 1.807) is 13.0 Å². The summed E-state index contributed by atoms with van der Waals surface area (Å²) in [6, 6.07) is 7.43. The van der Waals surface area contributed by atoms with E-state index >= 15 is 0 Å². The lowest BCUT2D eigenvalue weighted by Gasteiger charge is -2.09. The molecule has 0 aliphatic carbocycles. The second-order valence-electron chi connectivity index (χ2n) is 4.30. The van der Waals surface area contributed by atoms with Crippen molar-refractivity contribution in [3.05, 3.63) is 53.6 Å². The quantitative estimate of drug-likeness (QED) is 0.851. The van der Waals surface area contributed by atoms with E-state index in [4.69, 9.17) is 10.5 Å². The molecule has 2 rings (SSSR count). The van der Waals surface area contributed by atoms with Crippen molar-refractivity contribution in [3.63, 3.8) is 0 Å². The van der Waals surface area contributed by atoms with Gasteiger partial charge in [0.15, 0.2) is 0 Å². The van der Waals surface area contributed by atoms with Crippen LogP contribution in [0.5, 0.6) is 5.75 Å². The number of carbonyl (C=O) groups is 1. The third-order valence-electron chi connectivity index (χ3n) is 2.68. The molecule has 0 fully saturated rings. The standard InChI is InChI=1S/C15H14F2N2O2/c1-2-21-12-6-9(5-11(18)8-12)15(20)19-14-4-3-10(16)7-13(14)17/h3-8H,2,18H2,1H3,(H,19,20). The fraction of sp³-hybridized carbons (Fsp3) is 0.133. The molecule has 110 valence electrons. The van der Waals surface area contributed by atoms with E-state index in [0.717, 1.165) is 12.1 Å². The van der Waals surface area contributed by atoms with E-state index in [-0.39, 0.29) is 11.3 Å². The molecule has 0 aromatic heterocycles. The van der Waals surface area contributed by atoms with E-state index in [1.165, 1.54) is 12.1 Å². The third-order valence-corrected chi connectivity index (χ3v) is 2.68. The minimum Gasteiger partial charge on any atom is -0.494 e. The number of anilines is 2. The molecule has 0 heterocycles. The zero-order valence-electron chi connectivity index (χ0n) is 11.3. The van der Waals surface area contributed by atoms with Crippen LogP contribution in [0.15, 0.2) is 36.4 Å². The number of hydrogen-bond acceptors (Lipinski definition) is 3. The molecule has 0 spiro atoms. The minimum atomic E-state index is -0.850. The Morgan fingerprint density at radius 2 is 2.00 bits per heavy atom. The number of benzene rings is 2. The second-order valence-corrected chi connectivity index (χ2v) is 4.30. The average Bonchev–Trinajstić information content (AvgIpc) is 2.41. The number of amides is 1. The predicted octanol–water partition coefficient (Wildman–Crippen LogP) is 3.20. The summed E-state index contributed by atoms with van der Waals surface area (Å²) in [5.74, 6) is -1.68. The van der Waals surface area contributed by atoms with Crippen LogP contribution in [0.3, 0.4) is 0 Å². The Morgan fingerprint density at radius 3 is 2.67 bits per heavy atom. The highest BCUT2D eigenvalue weighted by Gasteiger charge is 2.12. The molecule has 0 aliphatic heterocycles. The van der Waals surface area contributed by atoms with Gasteiger partial charge in [0.25, 0.3) is 5.91 Å². The lowest BCUT2D eigenvalue weighted by molar-refractivity contribution is 0.102. The first-order valence-corrected chi connectivity index (χ1v) is 6.29. The van der Waals surface area contributed by atoms with Crippen LogP contribution >= 0.6 is 0 Å². The van der Waals surface area contributed by atoms with E-state index in [1.807, 2.05) is 0 Å². The molecule has 0 unspecified atom stereocenters. The van der Waals surface area contributed by atoms with Crippen molar-refractivity contribution in [1.29, 1.82) is 0 Å². The molecule has 21 heavy (non-hydrogen) atoms. The van der Waals surface area contributed by atoms with Gasteiger partial charge in [-0.1, -0.05) is 0 Å². The summed E-state index contributed by atoms with van der Waals surface area (Å²) in [5, 5.41) is 2.36. The molecular weight excluding hydrogens is 278 g/mol. The van der Waals surface area contributed by atoms with Gasteiger partial charge in [0.05, 0.1) is 12.3 Å². The summed E-state index contributed by atoms with van der Waals surface area (Å²) in [4.78, 5) is 12.1. The number of nitrogens with two attached hydrogens (primary N) is 1. The molecule has 3 N–H and O–H groups in total. The van der Waals surface area contributed by atoms with Gasteiger partial charge in [0.1, 0.15) is 17.4 Å². The van der Waals surface area contributed by atoms with Gasteiger partial charge in [0.2, 0.25) is 0 Å². The first kappa shape index (κ1) is 14.8. The molecule has 6 heteroatoms. The molecule has 0 saturated carbocycles. The number of rotatable bonds is 4. The Labute approximate surface area is 120 Å². The molecule has 0 bridgehead atoms. The van der Waals surface area contributed by atoms with Crippen LogP contribution in [0, 0.1) is 11.6 Å². The van der Waals surface area contributed by atoms with Crippen molar-refractivity contribution in [2.45, 2.75) is 6.92 Å². The molecule has 2 aromatic rings. The minimum absolute atomic E-state index is 0.109. The summed E-state index contributed by atoms with van der Waals surface area (Å²) in [5.41, 5.74) is 6.15. The number of nitrogen functional groups attached to an aromatic ring is 1. The topological polar surface area (TPSA) is 64.3 Å². The van der Waals surface area contributed by atoms with Gasteiger partial charge in [-0.3, -0.25) is 4.79 Å². The Morgan fingerprint density at radius 1 is 1.24 bits per heavy atom. The first-order valence-electron chi connectivity index (χ1n) is 6.29. The van der Waals surface area contributed by atoms with Gasteiger partial charge in [-0.25, -0.2) is 8.78 Å². The summed E-state index contributed by atoms with van der Waals surface area (Å²) in [6.45, 7) is 2.23. The number of hydrogen-bond donors (Lipinski definition) is 2. The molecule has 1 amide bonds. The smallest absolute Gasteiger partial charge is 0.255 e. The number of halogens is 2. The van der Waals surface area contributed by atoms with Gasteiger partial charge in [-0.2, -0.15) is 0 Å². The largest absolute Gasteiger partial charge is 0.494 e. The Balaban J connectivity index is 2.23. The van der Waals surface area contributed by atoms with E-state index in [9.17, 15) is 13.6 Å². The van der Waals surface area contributed by atoms with Crippen LogP contribution in [-0.2, 0) is 0 Å². The molecule has 0 atom stereocenters. The summed E-state index contributed by atoms with van der Waals surface area (Å²) >= 11 is 0. The number of ether oxygens (including phenoxy) is 1. The lowest BCUT2D eigenvalue weighted by Crippen LogP contribution is -2.13. The zero-order valence-corrected chi connectivity index (χ0v) is 11.3. The van der Waals surface area contributed by atoms with Crippen LogP contribution in [0.2, 0.25) is 0 Å². The van der Waals surface area contributed by atoms with Crippen molar-refractivity contribution in [1.82, 2.24) is 0 Å². The van der Waals surface area contributed by atoms with Crippen LogP contribution in [0.1, 0.15) is 17.3 Å².